The molecule has 1 heterocycles. The lowest BCUT2D eigenvalue weighted by Crippen LogP contribution is -1.99. The molecule has 17 heavy (non-hydrogen) atoms. The van der Waals surface area contributed by atoms with Gasteiger partial charge < -0.3 is 0 Å². The van der Waals surface area contributed by atoms with Crippen LogP contribution in [0.1, 0.15) is 16.2 Å². The monoisotopic (exact) mass is 286 g/mol. The molecule has 2 rings (SSSR count). The Morgan fingerprint density at radius 2 is 1.88 bits per heavy atom. The molecule has 0 saturated heterocycles. The Bertz CT molecular complexity index is 578. The predicted molar refractivity (Wildman–Crippen MR) is 71.6 cm³/mol. The quantitative estimate of drug-likeness (QED) is 0.857. The molecule has 0 bridgehead atoms. The van der Waals surface area contributed by atoms with E-state index in [9.17, 15) is 4.79 Å². The number of carbonyl (C=O) groups is 1. The molecule has 3 nitrogen and oxygen atoms in total. The third kappa shape index (κ3) is 2.34. The maximum absolute atomic E-state index is 11.2. The minimum Gasteiger partial charge on any atom is -0.280 e. The second kappa shape index (κ2) is 4.72. The minimum absolute atomic E-state index is 0.155. The summed E-state index contributed by atoms with van der Waals surface area (Å²) in [5.74, 6) is 0. The van der Waals surface area contributed by atoms with Crippen LogP contribution in [-0.2, 0) is 0 Å². The molecule has 0 N–H and O–H groups in total. The van der Waals surface area contributed by atoms with E-state index in [1.807, 2.05) is 0 Å². The summed E-state index contributed by atoms with van der Waals surface area (Å²) in [5.41, 5.74) is 1.63. The molecule has 88 valence electrons. The number of nitrogens with zero attached hydrogens (tertiary/aromatic N) is 2. The van der Waals surface area contributed by atoms with Crippen LogP contribution in [0, 0.1) is 6.92 Å². The number of rotatable bonds is 2. The normalized spacial score (nSPS) is 10.6. The molecule has 1 aromatic heterocycles. The molecule has 0 radical (unpaired) electrons. The first kappa shape index (κ1) is 12.5. The minimum atomic E-state index is -0.453. The second-order valence-electron chi connectivity index (χ2n) is 3.44. The molecule has 0 saturated carbocycles. The number of carbonyl (C=O) groups excluding carboxylic acids is 1. The van der Waals surface area contributed by atoms with Crippen LogP contribution >= 0.6 is 35.8 Å². The van der Waals surface area contributed by atoms with Crippen molar-refractivity contribution in [3.05, 3.63) is 45.7 Å². The van der Waals surface area contributed by atoms with Crippen molar-refractivity contribution in [3.8, 4) is 5.69 Å². The number of hydrogen-bond acceptors (Lipinski definition) is 2. The molecule has 1 aromatic carbocycles. The number of aromatic nitrogens is 2. The van der Waals surface area contributed by atoms with Crippen LogP contribution in [0.2, 0.25) is 10.0 Å². The summed E-state index contributed by atoms with van der Waals surface area (Å²) in [6, 6.07) is 7.08. The lowest BCUT2D eigenvalue weighted by atomic mass is 10.3. The molecular weight excluding hydrogens is 279 g/mol. The maximum Gasteiger partial charge on any atom is 0.238 e. The lowest BCUT2D eigenvalue weighted by molar-refractivity contribution is 0.108. The van der Waals surface area contributed by atoms with E-state index < -0.39 is 5.12 Å². The molecule has 0 atom stereocenters. The fourth-order valence-electron chi connectivity index (χ4n) is 1.45. The van der Waals surface area contributed by atoms with E-state index in [1.165, 1.54) is 0 Å². The van der Waals surface area contributed by atoms with Gasteiger partial charge in [-0.1, -0.05) is 35.8 Å². The molecule has 0 unspecified atom stereocenters. The van der Waals surface area contributed by atoms with Crippen LogP contribution in [0.25, 0.3) is 5.69 Å². The fraction of sp³-hybridized carbons (Fsp3) is 0.0909. The first-order valence-corrected chi connectivity index (χ1v) is 5.95. The zero-order valence-electron chi connectivity index (χ0n) is 8.82. The van der Waals surface area contributed by atoms with Crippen molar-refractivity contribution in [3.63, 3.8) is 0 Å². The third-order valence-corrected chi connectivity index (χ3v) is 3.23. The molecule has 0 amide bonds. The van der Waals surface area contributed by atoms with Crippen molar-refractivity contribution in [1.82, 2.24) is 9.78 Å². The molecule has 0 aliphatic heterocycles. The molecule has 0 aliphatic carbocycles. The smallest absolute Gasteiger partial charge is 0.238 e. The van der Waals surface area contributed by atoms with E-state index in [-0.39, 0.29) is 5.69 Å². The average Bonchev–Trinajstić information content (AvgIpc) is 2.58. The van der Waals surface area contributed by atoms with Gasteiger partial charge in [0.25, 0.3) is 0 Å². The van der Waals surface area contributed by atoms with Gasteiger partial charge in [0.1, 0.15) is 0 Å². The van der Waals surface area contributed by atoms with E-state index in [2.05, 4.69) is 17.7 Å². The highest BCUT2D eigenvalue weighted by atomic mass is 35.5. The first-order chi connectivity index (χ1) is 8.00. The Kier molecular flexibility index (Phi) is 3.47. The van der Waals surface area contributed by atoms with Gasteiger partial charge in [-0.15, -0.1) is 0 Å². The Labute approximate surface area is 114 Å². The summed E-state index contributed by atoms with van der Waals surface area (Å²) < 4.78 is 1.59. The van der Waals surface area contributed by atoms with Gasteiger partial charge in [-0.25, -0.2) is 4.68 Å². The highest BCUT2D eigenvalue weighted by Gasteiger charge is 2.17. The van der Waals surface area contributed by atoms with Crippen LogP contribution in [-0.4, -0.2) is 14.9 Å². The summed E-state index contributed by atoms with van der Waals surface area (Å²) in [6.45, 7) is 1.78. The highest BCUT2D eigenvalue weighted by Crippen LogP contribution is 2.24. The Morgan fingerprint density at radius 3 is 2.35 bits per heavy atom. The molecule has 0 spiro atoms. The Balaban J connectivity index is 2.56. The van der Waals surface area contributed by atoms with Gasteiger partial charge in [0.05, 0.1) is 16.4 Å². The van der Waals surface area contributed by atoms with Crippen LogP contribution < -0.4 is 0 Å². The fourth-order valence-corrected chi connectivity index (χ4v) is 2.01. The van der Waals surface area contributed by atoms with Gasteiger partial charge in [-0.05, 0) is 31.2 Å². The molecule has 6 heteroatoms. The summed E-state index contributed by atoms with van der Waals surface area (Å²) in [7, 11) is 0. The van der Waals surface area contributed by atoms with Gasteiger partial charge in [0.2, 0.25) is 5.12 Å². The van der Waals surface area contributed by atoms with E-state index >= 15 is 0 Å². The summed E-state index contributed by atoms with van der Waals surface area (Å²) in [5, 5.41) is 4.63. The Hall–Kier alpha value is -0.970. The van der Waals surface area contributed by atoms with Gasteiger partial charge in [-0.3, -0.25) is 4.79 Å². The van der Waals surface area contributed by atoms with E-state index in [1.54, 1.807) is 35.9 Å². The van der Waals surface area contributed by atoms with Gasteiger partial charge >= 0.3 is 0 Å². The van der Waals surface area contributed by atoms with Crippen LogP contribution in [0.3, 0.4) is 0 Å². The van der Waals surface area contributed by atoms with E-state index in [0.29, 0.717) is 15.7 Å². The lowest BCUT2D eigenvalue weighted by Gasteiger charge is -2.03. The standard InChI is InChI=1S/C11H8Cl2N2OS/c1-6-9(13)10(11(16)17)14-15(6)8-4-2-7(12)3-5-8/h2-5H,1H3,(H,16,17). The second-order valence-corrected chi connectivity index (χ2v) is 4.66. The third-order valence-electron chi connectivity index (χ3n) is 2.32. The van der Waals surface area contributed by atoms with Crippen molar-refractivity contribution in [2.75, 3.05) is 0 Å². The van der Waals surface area contributed by atoms with E-state index in [4.69, 9.17) is 23.2 Å². The van der Waals surface area contributed by atoms with Crippen LogP contribution in [0.15, 0.2) is 24.3 Å². The van der Waals surface area contributed by atoms with Gasteiger partial charge in [-0.2, -0.15) is 5.10 Å². The van der Waals surface area contributed by atoms with Crippen molar-refractivity contribution in [1.29, 1.82) is 0 Å². The van der Waals surface area contributed by atoms with Crippen LogP contribution in [0.5, 0.6) is 0 Å². The zero-order valence-corrected chi connectivity index (χ0v) is 11.2. The summed E-state index contributed by atoms with van der Waals surface area (Å²) in [6.07, 6.45) is 0. The molecule has 0 aliphatic rings. The zero-order chi connectivity index (χ0) is 12.6. The number of thiol groups is 1. The number of benzene rings is 1. The number of hydrogen-bond donors (Lipinski definition) is 1. The molecule has 2 aromatic rings. The number of halogens is 2. The first-order valence-electron chi connectivity index (χ1n) is 4.75. The Morgan fingerprint density at radius 1 is 1.29 bits per heavy atom. The van der Waals surface area contributed by atoms with Gasteiger partial charge in [0, 0.05) is 5.02 Å². The molecule has 0 fully saturated rings. The van der Waals surface area contributed by atoms with Crippen molar-refractivity contribution >= 4 is 40.9 Å². The average molecular weight is 287 g/mol. The van der Waals surface area contributed by atoms with Gasteiger partial charge in [0.15, 0.2) is 5.69 Å². The van der Waals surface area contributed by atoms with Crippen LogP contribution in [0.4, 0.5) is 0 Å². The highest BCUT2D eigenvalue weighted by molar-refractivity contribution is 7.97. The summed E-state index contributed by atoms with van der Waals surface area (Å²) >= 11 is 15.5. The maximum atomic E-state index is 11.2. The predicted octanol–water partition coefficient (Wildman–Crippen LogP) is 3.56. The summed E-state index contributed by atoms with van der Waals surface area (Å²) in [4.78, 5) is 11.2. The molecular formula is C11H8Cl2N2OS. The van der Waals surface area contributed by atoms with Crippen molar-refractivity contribution < 1.29 is 4.79 Å². The van der Waals surface area contributed by atoms with Crippen molar-refractivity contribution in [2.45, 2.75) is 6.92 Å². The largest absolute Gasteiger partial charge is 0.280 e. The van der Waals surface area contributed by atoms with E-state index in [0.717, 1.165) is 5.69 Å². The van der Waals surface area contributed by atoms with Crippen molar-refractivity contribution in [2.24, 2.45) is 0 Å². The topological polar surface area (TPSA) is 34.9 Å². The SMILES string of the molecule is Cc1c(Cl)c(C(=O)S)nn1-c1ccc(Cl)cc1.